The third-order valence-corrected chi connectivity index (χ3v) is 7.00. The lowest BCUT2D eigenvalue weighted by molar-refractivity contribution is -0.141. The fraction of sp³-hybridized carbons (Fsp3) is 0.464. The van der Waals surface area contributed by atoms with Gasteiger partial charge >= 0.3 is 12.1 Å². The normalized spacial score (nSPS) is 15.8. The summed E-state index contributed by atoms with van der Waals surface area (Å²) in [5.41, 5.74) is 4.61. The van der Waals surface area contributed by atoms with Crippen molar-refractivity contribution in [2.24, 2.45) is 11.8 Å². The molecule has 1 unspecified atom stereocenters. The van der Waals surface area contributed by atoms with Gasteiger partial charge in [0.25, 0.3) is 0 Å². The molecule has 1 heterocycles. The fourth-order valence-corrected chi connectivity index (χ4v) is 5.02. The van der Waals surface area contributed by atoms with Crippen LogP contribution in [0.4, 0.5) is 4.79 Å². The number of fused-ring (bicyclic) bond motifs is 3. The minimum absolute atomic E-state index is 0.0386. The van der Waals surface area contributed by atoms with Crippen LogP contribution in [0.3, 0.4) is 0 Å². The van der Waals surface area contributed by atoms with E-state index < -0.39 is 18.1 Å². The Balaban J connectivity index is 1.35. The molecule has 1 atom stereocenters. The number of aliphatic carboxylic acids is 1. The number of likely N-dealkylation sites (tertiary alicyclic amines) is 1. The largest absolute Gasteiger partial charge is 0.481 e. The van der Waals surface area contributed by atoms with Crippen molar-refractivity contribution in [1.82, 2.24) is 10.2 Å². The average molecular weight is 479 g/mol. The van der Waals surface area contributed by atoms with Gasteiger partial charge in [0, 0.05) is 25.4 Å². The fourth-order valence-electron chi connectivity index (χ4n) is 5.02. The molecule has 1 aliphatic carbocycles. The van der Waals surface area contributed by atoms with Crippen molar-refractivity contribution in [2.45, 2.75) is 51.5 Å². The molecule has 1 aliphatic heterocycles. The highest BCUT2D eigenvalue weighted by Gasteiger charge is 2.35. The van der Waals surface area contributed by atoms with E-state index in [4.69, 9.17) is 9.84 Å². The maximum absolute atomic E-state index is 13.1. The molecule has 35 heavy (non-hydrogen) atoms. The molecule has 2 aromatic carbocycles. The van der Waals surface area contributed by atoms with E-state index in [1.807, 2.05) is 24.3 Å². The van der Waals surface area contributed by atoms with Gasteiger partial charge in [0.15, 0.2) is 0 Å². The maximum Gasteiger partial charge on any atom is 0.407 e. The summed E-state index contributed by atoms with van der Waals surface area (Å²) in [5, 5.41) is 11.7. The Kier molecular flexibility index (Phi) is 7.73. The summed E-state index contributed by atoms with van der Waals surface area (Å²) in [6, 6.07) is 15.7. The zero-order chi connectivity index (χ0) is 24.9. The van der Waals surface area contributed by atoms with Gasteiger partial charge in [-0.1, -0.05) is 62.4 Å². The number of ether oxygens (including phenoxy) is 1. The van der Waals surface area contributed by atoms with Gasteiger partial charge in [-0.15, -0.1) is 0 Å². The van der Waals surface area contributed by atoms with Crippen molar-refractivity contribution in [2.75, 3.05) is 19.7 Å². The van der Waals surface area contributed by atoms with Crippen LogP contribution in [-0.4, -0.2) is 53.7 Å². The smallest absolute Gasteiger partial charge is 0.407 e. The van der Waals surface area contributed by atoms with E-state index in [1.165, 1.54) is 0 Å². The summed E-state index contributed by atoms with van der Waals surface area (Å²) in [7, 11) is 0. The first-order valence-corrected chi connectivity index (χ1v) is 12.5. The van der Waals surface area contributed by atoms with Crippen LogP contribution in [0.1, 0.15) is 56.6 Å². The maximum atomic E-state index is 13.1. The summed E-state index contributed by atoms with van der Waals surface area (Å²) in [6.07, 6.45) is 1.43. The monoisotopic (exact) mass is 478 g/mol. The summed E-state index contributed by atoms with van der Waals surface area (Å²) < 4.78 is 5.66. The van der Waals surface area contributed by atoms with E-state index in [-0.39, 0.29) is 30.8 Å². The molecule has 0 aromatic heterocycles. The zero-order valence-corrected chi connectivity index (χ0v) is 20.4. The first kappa shape index (κ1) is 24.8. The van der Waals surface area contributed by atoms with Gasteiger partial charge in [-0.2, -0.15) is 0 Å². The van der Waals surface area contributed by atoms with Gasteiger partial charge in [0.2, 0.25) is 5.91 Å². The molecule has 1 fully saturated rings. The Morgan fingerprint density at radius 2 is 1.60 bits per heavy atom. The van der Waals surface area contributed by atoms with Gasteiger partial charge in [-0.25, -0.2) is 4.79 Å². The van der Waals surface area contributed by atoms with E-state index in [0.717, 1.165) is 28.7 Å². The Labute approximate surface area is 206 Å². The molecule has 4 rings (SSSR count). The zero-order valence-electron chi connectivity index (χ0n) is 20.4. The standard InChI is InChI=1S/C28H34N2O5/c1-18(2)11-13-25(27(33)30-15-19(16-30)12-14-26(31)32)29-28(34)35-17-24-22-9-5-3-7-20(22)21-8-4-6-10-23(21)24/h3-10,18-19,24-25H,11-17H2,1-2H3,(H,29,34)(H,31,32). The number of nitrogens with one attached hydrogen (secondary N) is 1. The molecule has 1 saturated heterocycles. The minimum atomic E-state index is -0.818. The molecule has 7 nitrogen and oxygen atoms in total. The van der Waals surface area contributed by atoms with E-state index >= 15 is 0 Å². The second kappa shape index (κ2) is 10.9. The number of hydrogen-bond donors (Lipinski definition) is 2. The van der Waals surface area contributed by atoms with Crippen LogP contribution < -0.4 is 5.32 Å². The third-order valence-electron chi connectivity index (χ3n) is 7.00. The second-order valence-electron chi connectivity index (χ2n) is 10.0. The number of carboxylic acid groups (broad SMARTS) is 1. The van der Waals surface area contributed by atoms with E-state index in [2.05, 4.69) is 43.4 Å². The van der Waals surface area contributed by atoms with Gasteiger partial charge in [0.05, 0.1) is 0 Å². The first-order chi connectivity index (χ1) is 16.8. The molecule has 2 amide bonds. The molecule has 0 radical (unpaired) electrons. The molecule has 0 spiro atoms. The molecular formula is C28H34N2O5. The van der Waals surface area contributed by atoms with E-state index in [9.17, 15) is 14.4 Å². The molecular weight excluding hydrogens is 444 g/mol. The molecule has 0 bridgehead atoms. The number of carboxylic acids is 1. The topological polar surface area (TPSA) is 95.9 Å². The second-order valence-corrected chi connectivity index (χ2v) is 10.0. The van der Waals surface area contributed by atoms with Crippen molar-refractivity contribution in [3.63, 3.8) is 0 Å². The van der Waals surface area contributed by atoms with E-state index in [1.54, 1.807) is 4.90 Å². The number of carbonyl (C=O) groups is 3. The van der Waals surface area contributed by atoms with Crippen molar-refractivity contribution in [1.29, 1.82) is 0 Å². The number of amides is 2. The Morgan fingerprint density at radius 3 is 2.17 bits per heavy atom. The van der Waals surface area contributed by atoms with Crippen LogP contribution in [-0.2, 0) is 14.3 Å². The number of rotatable bonds is 10. The first-order valence-electron chi connectivity index (χ1n) is 12.5. The number of benzene rings is 2. The summed E-state index contributed by atoms with van der Waals surface area (Å²) >= 11 is 0. The van der Waals surface area contributed by atoms with Crippen molar-refractivity contribution < 1.29 is 24.2 Å². The van der Waals surface area contributed by atoms with Crippen LogP contribution in [0.25, 0.3) is 11.1 Å². The molecule has 2 aliphatic rings. The lowest BCUT2D eigenvalue weighted by atomic mass is 9.93. The number of carbonyl (C=O) groups excluding carboxylic acids is 2. The molecule has 7 heteroatoms. The van der Waals surface area contributed by atoms with Gasteiger partial charge in [-0.05, 0) is 53.4 Å². The number of hydrogen-bond acceptors (Lipinski definition) is 4. The third kappa shape index (κ3) is 5.84. The van der Waals surface area contributed by atoms with Crippen molar-refractivity contribution >= 4 is 18.0 Å². The Bertz CT molecular complexity index is 1030. The van der Waals surface area contributed by atoms with Crippen LogP contribution >= 0.6 is 0 Å². The lowest BCUT2D eigenvalue weighted by Crippen LogP contribution is -2.57. The Morgan fingerprint density at radius 1 is 1.00 bits per heavy atom. The van der Waals surface area contributed by atoms with Crippen LogP contribution in [0.5, 0.6) is 0 Å². The molecule has 0 saturated carbocycles. The van der Waals surface area contributed by atoms with Gasteiger partial charge in [-0.3, -0.25) is 9.59 Å². The van der Waals surface area contributed by atoms with Crippen LogP contribution in [0.15, 0.2) is 48.5 Å². The lowest BCUT2D eigenvalue weighted by Gasteiger charge is -2.41. The molecule has 2 N–H and O–H groups in total. The molecule has 2 aromatic rings. The summed E-state index contributed by atoms with van der Waals surface area (Å²) in [4.78, 5) is 38.4. The van der Waals surface area contributed by atoms with Crippen LogP contribution in [0.2, 0.25) is 0 Å². The minimum Gasteiger partial charge on any atom is -0.481 e. The predicted octanol–water partition coefficient (Wildman–Crippen LogP) is 4.65. The Hall–Kier alpha value is -3.35. The highest BCUT2D eigenvalue weighted by atomic mass is 16.5. The highest BCUT2D eigenvalue weighted by Crippen LogP contribution is 2.44. The van der Waals surface area contributed by atoms with Crippen molar-refractivity contribution in [3.05, 3.63) is 59.7 Å². The summed E-state index contributed by atoms with van der Waals surface area (Å²) in [5.74, 6) is -0.375. The highest BCUT2D eigenvalue weighted by molar-refractivity contribution is 5.86. The predicted molar refractivity (Wildman–Crippen MR) is 133 cm³/mol. The van der Waals surface area contributed by atoms with Crippen LogP contribution in [0, 0.1) is 11.8 Å². The van der Waals surface area contributed by atoms with Gasteiger partial charge < -0.3 is 20.1 Å². The SMILES string of the molecule is CC(C)CCC(NC(=O)OCC1c2ccccc2-c2ccccc21)C(=O)N1CC(CCC(=O)O)C1. The number of nitrogens with zero attached hydrogens (tertiary/aromatic N) is 1. The van der Waals surface area contributed by atoms with Gasteiger partial charge in [0.1, 0.15) is 12.6 Å². The summed E-state index contributed by atoms with van der Waals surface area (Å²) in [6.45, 7) is 5.44. The van der Waals surface area contributed by atoms with Crippen molar-refractivity contribution in [3.8, 4) is 11.1 Å². The number of alkyl carbamates (subject to hydrolysis) is 1. The molecule has 186 valence electrons. The quantitative estimate of drug-likeness (QED) is 0.518. The average Bonchev–Trinajstić information content (AvgIpc) is 3.12. The van der Waals surface area contributed by atoms with E-state index in [0.29, 0.717) is 31.8 Å².